The van der Waals surface area contributed by atoms with E-state index >= 15 is 0 Å². The van der Waals surface area contributed by atoms with Gasteiger partial charge in [0, 0.05) is 37.1 Å². The molecule has 1 aliphatic heterocycles. The number of hydrogen-bond acceptors (Lipinski definition) is 3. The van der Waals surface area contributed by atoms with Crippen LogP contribution in [0.5, 0.6) is 0 Å². The Bertz CT molecular complexity index is 345. The molecule has 0 radical (unpaired) electrons. The number of nitrogens with one attached hydrogen (secondary N) is 1. The van der Waals surface area contributed by atoms with Crippen molar-refractivity contribution in [1.82, 2.24) is 10.2 Å². The van der Waals surface area contributed by atoms with E-state index in [2.05, 4.69) is 30.1 Å². The fourth-order valence-electron chi connectivity index (χ4n) is 2.47. The number of thiophene rings is 1. The lowest BCUT2D eigenvalue weighted by molar-refractivity contribution is 0.136. The highest BCUT2D eigenvalue weighted by Gasteiger charge is 2.23. The molecule has 2 rings (SSSR count). The van der Waals surface area contributed by atoms with Crippen LogP contribution in [-0.2, 0) is 6.42 Å². The number of halogens is 1. The van der Waals surface area contributed by atoms with Gasteiger partial charge in [0.2, 0.25) is 0 Å². The van der Waals surface area contributed by atoms with Gasteiger partial charge in [-0.2, -0.15) is 0 Å². The normalized spacial score (nSPS) is 19.8. The molecule has 1 fully saturated rings. The summed E-state index contributed by atoms with van der Waals surface area (Å²) in [6, 6.07) is 4.83. The molecule has 1 unspecified atom stereocenters. The second-order valence-corrected chi connectivity index (χ2v) is 6.81. The lowest BCUT2D eigenvalue weighted by Gasteiger charge is -2.37. The van der Waals surface area contributed by atoms with Gasteiger partial charge in [-0.15, -0.1) is 11.3 Å². The summed E-state index contributed by atoms with van der Waals surface area (Å²) < 4.78 is 0.905. The Balaban J connectivity index is 2.01. The van der Waals surface area contributed by atoms with Crippen LogP contribution in [-0.4, -0.2) is 37.1 Å². The number of nitrogens with zero attached hydrogens (tertiary/aromatic N) is 1. The third-order valence-electron chi connectivity index (χ3n) is 3.43. The minimum absolute atomic E-state index is 0.645. The number of hydrogen-bond donors (Lipinski definition) is 1. The molecule has 0 amide bonds. The molecule has 1 aromatic heterocycles. The summed E-state index contributed by atoms with van der Waals surface area (Å²) in [5, 5.41) is 3.42. The van der Waals surface area contributed by atoms with E-state index in [-0.39, 0.29) is 0 Å². The van der Waals surface area contributed by atoms with Crippen LogP contribution in [0.1, 0.15) is 18.7 Å². The molecule has 1 aliphatic rings. The van der Waals surface area contributed by atoms with Crippen molar-refractivity contribution in [3.05, 3.63) is 21.3 Å². The molecular formula is C13H21ClN2S. The molecule has 1 atom stereocenters. The maximum atomic E-state index is 6.00. The van der Waals surface area contributed by atoms with Crippen LogP contribution in [0.3, 0.4) is 0 Å². The third-order valence-corrected chi connectivity index (χ3v) is 4.68. The smallest absolute Gasteiger partial charge is 0.0931 e. The number of rotatable bonds is 4. The van der Waals surface area contributed by atoms with Crippen LogP contribution in [0.25, 0.3) is 0 Å². The molecule has 0 bridgehead atoms. The topological polar surface area (TPSA) is 15.3 Å². The molecule has 1 saturated heterocycles. The Labute approximate surface area is 113 Å². The third kappa shape index (κ3) is 3.68. The predicted molar refractivity (Wildman–Crippen MR) is 76.1 cm³/mol. The monoisotopic (exact) mass is 272 g/mol. The molecule has 1 aromatic rings. The first kappa shape index (κ1) is 13.3. The summed E-state index contributed by atoms with van der Waals surface area (Å²) in [4.78, 5) is 4.03. The van der Waals surface area contributed by atoms with Crippen LogP contribution in [0.4, 0.5) is 0 Å². The fourth-order valence-corrected chi connectivity index (χ4v) is 3.60. The molecule has 0 saturated carbocycles. The molecule has 0 spiro atoms. The van der Waals surface area contributed by atoms with Crippen molar-refractivity contribution in [1.29, 1.82) is 0 Å². The summed E-state index contributed by atoms with van der Waals surface area (Å²) >= 11 is 7.72. The highest BCUT2D eigenvalue weighted by Crippen LogP contribution is 2.25. The highest BCUT2D eigenvalue weighted by atomic mass is 35.5. The fraction of sp³-hybridized carbons (Fsp3) is 0.692. The van der Waals surface area contributed by atoms with Gasteiger partial charge in [0.1, 0.15) is 0 Å². The summed E-state index contributed by atoms with van der Waals surface area (Å²) in [6.07, 6.45) is 1.13. The van der Waals surface area contributed by atoms with E-state index in [4.69, 9.17) is 11.6 Å². The standard InChI is InChI=1S/C13H21ClN2S/c1-10(2)12(16-7-5-15-6-8-16)9-11-3-4-13(14)17-11/h3-4,10,12,15H,5-9H2,1-2H3. The Morgan fingerprint density at radius 3 is 2.59 bits per heavy atom. The maximum absolute atomic E-state index is 6.00. The molecular weight excluding hydrogens is 252 g/mol. The first-order chi connectivity index (χ1) is 8.16. The second kappa shape index (κ2) is 6.19. The van der Waals surface area contributed by atoms with E-state index < -0.39 is 0 Å². The zero-order valence-corrected chi connectivity index (χ0v) is 12.2. The van der Waals surface area contributed by atoms with Gasteiger partial charge in [0.15, 0.2) is 0 Å². The zero-order valence-electron chi connectivity index (χ0n) is 10.6. The summed E-state index contributed by atoms with van der Waals surface area (Å²) in [7, 11) is 0. The predicted octanol–water partition coefficient (Wildman–Crippen LogP) is 2.87. The van der Waals surface area contributed by atoms with Gasteiger partial charge in [0.25, 0.3) is 0 Å². The van der Waals surface area contributed by atoms with Gasteiger partial charge in [-0.1, -0.05) is 25.4 Å². The average molecular weight is 273 g/mol. The van der Waals surface area contributed by atoms with E-state index in [0.29, 0.717) is 12.0 Å². The Kier molecular flexibility index (Phi) is 4.86. The molecule has 4 heteroatoms. The van der Waals surface area contributed by atoms with Gasteiger partial charge in [-0.3, -0.25) is 4.90 Å². The lowest BCUT2D eigenvalue weighted by Crippen LogP contribution is -2.50. The van der Waals surface area contributed by atoms with Crippen molar-refractivity contribution in [3.8, 4) is 0 Å². The molecule has 2 nitrogen and oxygen atoms in total. The van der Waals surface area contributed by atoms with E-state index in [1.165, 1.54) is 18.0 Å². The molecule has 1 N–H and O–H groups in total. The quantitative estimate of drug-likeness (QED) is 0.907. The zero-order chi connectivity index (χ0) is 12.3. The SMILES string of the molecule is CC(C)C(Cc1ccc(Cl)s1)N1CCNCC1. The second-order valence-electron chi connectivity index (χ2n) is 5.01. The van der Waals surface area contributed by atoms with E-state index in [0.717, 1.165) is 23.8 Å². The molecule has 2 heterocycles. The van der Waals surface area contributed by atoms with Crippen molar-refractivity contribution in [3.63, 3.8) is 0 Å². The van der Waals surface area contributed by atoms with Crippen LogP contribution in [0, 0.1) is 5.92 Å². The summed E-state index contributed by atoms with van der Waals surface area (Å²) in [6.45, 7) is 9.22. The minimum atomic E-state index is 0.645. The van der Waals surface area contributed by atoms with Crippen LogP contribution in [0.2, 0.25) is 4.34 Å². The molecule has 17 heavy (non-hydrogen) atoms. The first-order valence-corrected chi connectivity index (χ1v) is 7.55. The van der Waals surface area contributed by atoms with Crippen LogP contribution >= 0.6 is 22.9 Å². The minimum Gasteiger partial charge on any atom is -0.314 e. The Morgan fingerprint density at radius 1 is 1.35 bits per heavy atom. The van der Waals surface area contributed by atoms with E-state index in [1.807, 2.05) is 6.07 Å². The molecule has 0 aliphatic carbocycles. The largest absolute Gasteiger partial charge is 0.314 e. The van der Waals surface area contributed by atoms with Crippen molar-refractivity contribution in [2.75, 3.05) is 26.2 Å². The van der Waals surface area contributed by atoms with Gasteiger partial charge in [-0.25, -0.2) is 0 Å². The van der Waals surface area contributed by atoms with Crippen LogP contribution < -0.4 is 5.32 Å². The Morgan fingerprint density at radius 2 is 2.06 bits per heavy atom. The molecule has 0 aromatic carbocycles. The van der Waals surface area contributed by atoms with Gasteiger partial charge < -0.3 is 5.32 Å². The highest BCUT2D eigenvalue weighted by molar-refractivity contribution is 7.16. The van der Waals surface area contributed by atoms with Crippen molar-refractivity contribution in [2.24, 2.45) is 5.92 Å². The van der Waals surface area contributed by atoms with E-state index in [1.54, 1.807) is 11.3 Å². The lowest BCUT2D eigenvalue weighted by atomic mass is 9.97. The van der Waals surface area contributed by atoms with Crippen molar-refractivity contribution >= 4 is 22.9 Å². The van der Waals surface area contributed by atoms with Crippen LogP contribution in [0.15, 0.2) is 12.1 Å². The van der Waals surface area contributed by atoms with Gasteiger partial charge in [-0.05, 0) is 24.5 Å². The summed E-state index contributed by atoms with van der Waals surface area (Å²) in [5.41, 5.74) is 0. The Hall–Kier alpha value is -0.0900. The molecule has 96 valence electrons. The van der Waals surface area contributed by atoms with Gasteiger partial charge in [0.05, 0.1) is 4.34 Å². The summed E-state index contributed by atoms with van der Waals surface area (Å²) in [5.74, 6) is 0.689. The first-order valence-electron chi connectivity index (χ1n) is 6.36. The van der Waals surface area contributed by atoms with Crippen molar-refractivity contribution in [2.45, 2.75) is 26.3 Å². The average Bonchev–Trinajstić information content (AvgIpc) is 2.73. The van der Waals surface area contributed by atoms with Gasteiger partial charge >= 0.3 is 0 Å². The maximum Gasteiger partial charge on any atom is 0.0931 e. The van der Waals surface area contributed by atoms with E-state index in [9.17, 15) is 0 Å². The number of piperazine rings is 1. The van der Waals surface area contributed by atoms with Crippen molar-refractivity contribution < 1.29 is 0 Å².